The zero-order chi connectivity index (χ0) is 14.5. The molecule has 1 amide bonds. The minimum Gasteiger partial charge on any atom is -0.341 e. The van der Waals surface area contributed by atoms with Crippen LogP contribution in [0, 0.1) is 5.92 Å². The van der Waals surface area contributed by atoms with Crippen LogP contribution >= 0.6 is 11.8 Å². The van der Waals surface area contributed by atoms with E-state index in [-0.39, 0.29) is 17.9 Å². The fourth-order valence-corrected chi connectivity index (χ4v) is 3.37. The Kier molecular flexibility index (Phi) is 5.49. The summed E-state index contributed by atoms with van der Waals surface area (Å²) >= 11 is 1.73. The molecule has 1 aromatic rings. The second-order valence-electron chi connectivity index (χ2n) is 5.67. The van der Waals surface area contributed by atoms with Gasteiger partial charge in [-0.3, -0.25) is 4.79 Å². The molecule has 0 heterocycles. The molecule has 2 unspecified atom stereocenters. The molecule has 1 aliphatic rings. The van der Waals surface area contributed by atoms with Gasteiger partial charge in [-0.15, -0.1) is 11.8 Å². The molecule has 0 spiro atoms. The van der Waals surface area contributed by atoms with E-state index in [0.29, 0.717) is 6.54 Å². The van der Waals surface area contributed by atoms with Crippen LogP contribution in [0.2, 0.25) is 0 Å². The van der Waals surface area contributed by atoms with Gasteiger partial charge in [0, 0.05) is 30.4 Å². The summed E-state index contributed by atoms with van der Waals surface area (Å²) in [5.41, 5.74) is 7.17. The number of benzene rings is 1. The van der Waals surface area contributed by atoms with E-state index in [0.717, 1.165) is 25.7 Å². The monoisotopic (exact) mass is 292 g/mol. The van der Waals surface area contributed by atoms with Gasteiger partial charge in [0.1, 0.15) is 0 Å². The number of carbonyl (C=O) groups is 1. The summed E-state index contributed by atoms with van der Waals surface area (Å²) in [6, 6.07) is 8.58. The van der Waals surface area contributed by atoms with E-state index in [2.05, 4.69) is 30.5 Å². The molecule has 0 bridgehead atoms. The molecule has 0 saturated heterocycles. The van der Waals surface area contributed by atoms with Crippen LogP contribution in [0.5, 0.6) is 0 Å². The number of rotatable bonds is 4. The molecule has 0 aliphatic heterocycles. The van der Waals surface area contributed by atoms with Crippen molar-refractivity contribution in [1.29, 1.82) is 0 Å². The quantitative estimate of drug-likeness (QED) is 0.868. The van der Waals surface area contributed by atoms with Gasteiger partial charge >= 0.3 is 0 Å². The largest absolute Gasteiger partial charge is 0.341 e. The normalized spacial score (nSPS) is 22.6. The van der Waals surface area contributed by atoms with Gasteiger partial charge in [0.15, 0.2) is 0 Å². The van der Waals surface area contributed by atoms with Gasteiger partial charge in [0.05, 0.1) is 0 Å². The SMILES string of the molecule is CSc1cccc(CN(C)C(=O)C2CCCC(N)C2)c1. The van der Waals surface area contributed by atoms with Crippen LogP contribution in [0.4, 0.5) is 0 Å². The van der Waals surface area contributed by atoms with Crippen LogP contribution in [0.1, 0.15) is 31.2 Å². The van der Waals surface area contributed by atoms with Gasteiger partial charge < -0.3 is 10.6 Å². The maximum absolute atomic E-state index is 12.5. The van der Waals surface area contributed by atoms with Crippen LogP contribution in [0.3, 0.4) is 0 Å². The molecule has 1 aromatic carbocycles. The predicted molar refractivity (Wildman–Crippen MR) is 84.6 cm³/mol. The van der Waals surface area contributed by atoms with Crippen molar-refractivity contribution in [3.05, 3.63) is 29.8 Å². The summed E-state index contributed by atoms with van der Waals surface area (Å²) in [6.45, 7) is 0.680. The number of nitrogens with two attached hydrogens (primary N) is 1. The highest BCUT2D eigenvalue weighted by atomic mass is 32.2. The number of thioether (sulfide) groups is 1. The topological polar surface area (TPSA) is 46.3 Å². The lowest BCUT2D eigenvalue weighted by Gasteiger charge is -2.29. The Labute approximate surface area is 125 Å². The molecule has 4 heteroatoms. The molecule has 110 valence electrons. The molecular formula is C16H24N2OS. The van der Waals surface area contributed by atoms with Crippen molar-refractivity contribution in [3.63, 3.8) is 0 Å². The lowest BCUT2D eigenvalue weighted by Crippen LogP contribution is -2.38. The van der Waals surface area contributed by atoms with Gasteiger partial charge in [0.25, 0.3) is 0 Å². The molecule has 2 rings (SSSR count). The molecular weight excluding hydrogens is 268 g/mol. The maximum Gasteiger partial charge on any atom is 0.225 e. The first-order chi connectivity index (χ1) is 9.60. The molecule has 1 saturated carbocycles. The molecule has 0 radical (unpaired) electrons. The van der Waals surface area contributed by atoms with Crippen molar-refractivity contribution in [1.82, 2.24) is 4.90 Å². The fraction of sp³-hybridized carbons (Fsp3) is 0.562. The summed E-state index contributed by atoms with van der Waals surface area (Å²) in [6.07, 6.45) is 6.03. The number of amides is 1. The Hall–Kier alpha value is -1.00. The van der Waals surface area contributed by atoms with E-state index in [4.69, 9.17) is 5.73 Å². The van der Waals surface area contributed by atoms with Crippen LogP contribution in [-0.2, 0) is 11.3 Å². The zero-order valence-electron chi connectivity index (χ0n) is 12.3. The van der Waals surface area contributed by atoms with Crippen LogP contribution in [-0.4, -0.2) is 30.2 Å². The van der Waals surface area contributed by atoms with E-state index in [1.165, 1.54) is 10.5 Å². The van der Waals surface area contributed by atoms with E-state index in [9.17, 15) is 4.79 Å². The standard InChI is InChI=1S/C16H24N2OS/c1-18(11-12-5-3-8-15(9-12)20-2)16(19)13-6-4-7-14(17)10-13/h3,5,8-9,13-14H,4,6-7,10-11,17H2,1-2H3. The van der Waals surface area contributed by atoms with Gasteiger partial charge in [0.2, 0.25) is 5.91 Å². The molecule has 2 atom stereocenters. The third-order valence-corrected chi connectivity index (χ3v) is 4.72. The smallest absolute Gasteiger partial charge is 0.225 e. The van der Waals surface area contributed by atoms with Crippen LogP contribution in [0.25, 0.3) is 0 Å². The maximum atomic E-state index is 12.5. The van der Waals surface area contributed by atoms with E-state index in [1.807, 2.05) is 11.9 Å². The average Bonchev–Trinajstić information content (AvgIpc) is 2.46. The number of nitrogens with zero attached hydrogens (tertiary/aromatic N) is 1. The third kappa shape index (κ3) is 4.00. The molecule has 0 aromatic heterocycles. The first-order valence-electron chi connectivity index (χ1n) is 7.23. The third-order valence-electron chi connectivity index (χ3n) is 3.99. The first kappa shape index (κ1) is 15.4. The molecule has 1 aliphatic carbocycles. The minimum absolute atomic E-state index is 0.118. The lowest BCUT2D eigenvalue weighted by atomic mass is 9.85. The van der Waals surface area contributed by atoms with E-state index >= 15 is 0 Å². The Bertz CT molecular complexity index is 464. The average molecular weight is 292 g/mol. The highest BCUT2D eigenvalue weighted by Crippen LogP contribution is 2.25. The molecule has 20 heavy (non-hydrogen) atoms. The van der Waals surface area contributed by atoms with Crippen molar-refractivity contribution in [3.8, 4) is 0 Å². The highest BCUT2D eigenvalue weighted by Gasteiger charge is 2.27. The first-order valence-corrected chi connectivity index (χ1v) is 8.46. The summed E-state index contributed by atoms with van der Waals surface area (Å²) in [7, 11) is 1.90. The van der Waals surface area contributed by atoms with Crippen molar-refractivity contribution < 1.29 is 4.79 Å². The second kappa shape index (κ2) is 7.14. The highest BCUT2D eigenvalue weighted by molar-refractivity contribution is 7.98. The molecule has 2 N–H and O–H groups in total. The lowest BCUT2D eigenvalue weighted by molar-refractivity contribution is -0.135. The zero-order valence-corrected chi connectivity index (χ0v) is 13.2. The van der Waals surface area contributed by atoms with Crippen molar-refractivity contribution >= 4 is 17.7 Å². The molecule has 1 fully saturated rings. The summed E-state index contributed by atoms with van der Waals surface area (Å²) in [5.74, 6) is 0.363. The summed E-state index contributed by atoms with van der Waals surface area (Å²) in [4.78, 5) is 15.6. The Balaban J connectivity index is 1.96. The molecule has 3 nitrogen and oxygen atoms in total. The number of carbonyl (C=O) groups excluding carboxylic acids is 1. The fourth-order valence-electron chi connectivity index (χ4n) is 2.89. The number of hydrogen-bond donors (Lipinski definition) is 1. The van der Waals surface area contributed by atoms with Crippen LogP contribution < -0.4 is 5.73 Å². The second-order valence-corrected chi connectivity index (χ2v) is 6.55. The Morgan fingerprint density at radius 1 is 1.45 bits per heavy atom. The van der Waals surface area contributed by atoms with Gasteiger partial charge in [-0.25, -0.2) is 0 Å². The number of hydrogen-bond acceptors (Lipinski definition) is 3. The van der Waals surface area contributed by atoms with Crippen molar-refractivity contribution in [2.24, 2.45) is 11.7 Å². The summed E-state index contributed by atoms with van der Waals surface area (Å²) < 4.78 is 0. The van der Waals surface area contributed by atoms with Crippen molar-refractivity contribution in [2.75, 3.05) is 13.3 Å². The van der Waals surface area contributed by atoms with Gasteiger partial charge in [-0.05, 0) is 43.2 Å². The minimum atomic E-state index is 0.118. The summed E-state index contributed by atoms with van der Waals surface area (Å²) in [5, 5.41) is 0. The van der Waals surface area contributed by atoms with Crippen LogP contribution in [0.15, 0.2) is 29.2 Å². The van der Waals surface area contributed by atoms with Gasteiger partial charge in [-0.2, -0.15) is 0 Å². The predicted octanol–water partition coefficient (Wildman–Crippen LogP) is 2.88. The Morgan fingerprint density at radius 2 is 2.25 bits per heavy atom. The van der Waals surface area contributed by atoms with Crippen molar-refractivity contribution in [2.45, 2.75) is 43.2 Å². The Morgan fingerprint density at radius 3 is 2.95 bits per heavy atom. The van der Waals surface area contributed by atoms with Gasteiger partial charge in [-0.1, -0.05) is 18.6 Å². The van der Waals surface area contributed by atoms with E-state index < -0.39 is 0 Å². The van der Waals surface area contributed by atoms with E-state index in [1.54, 1.807) is 11.8 Å².